The van der Waals surface area contributed by atoms with Gasteiger partial charge in [0, 0.05) is 10.6 Å². The number of rotatable bonds is 5. The molecule has 0 N–H and O–H groups in total. The second-order valence-electron chi connectivity index (χ2n) is 7.80. The molecule has 2 amide bonds. The van der Waals surface area contributed by atoms with Crippen LogP contribution >= 0.6 is 27.5 Å². The van der Waals surface area contributed by atoms with E-state index >= 15 is 0 Å². The predicted octanol–water partition coefficient (Wildman–Crippen LogP) is 4.82. The Morgan fingerprint density at radius 1 is 1.10 bits per heavy atom. The molecule has 0 unspecified atom stereocenters. The van der Waals surface area contributed by atoms with Crippen molar-refractivity contribution in [1.82, 2.24) is 5.01 Å². The normalized spacial score (nSPS) is 26.8. The molecule has 2 aromatic rings. The van der Waals surface area contributed by atoms with Gasteiger partial charge in [0.1, 0.15) is 12.4 Å². The number of allylic oxidation sites excluding steroid dienone is 2. The minimum atomic E-state index is -0.239. The molecule has 0 spiro atoms. The van der Waals surface area contributed by atoms with E-state index in [1.807, 2.05) is 42.5 Å². The Hall–Kier alpha value is -2.44. The zero-order chi connectivity index (χ0) is 20.8. The number of nitrogens with zero attached hydrogens (tertiary/aromatic N) is 2. The number of imide groups is 1. The van der Waals surface area contributed by atoms with Crippen molar-refractivity contribution in [3.05, 3.63) is 75.2 Å². The maximum atomic E-state index is 12.7. The van der Waals surface area contributed by atoms with Gasteiger partial charge in [-0.2, -0.15) is 10.1 Å². The van der Waals surface area contributed by atoms with Crippen LogP contribution in [-0.2, 0) is 16.2 Å². The van der Waals surface area contributed by atoms with Crippen LogP contribution in [0.15, 0.2) is 64.2 Å². The Labute approximate surface area is 187 Å². The van der Waals surface area contributed by atoms with Crippen molar-refractivity contribution in [2.45, 2.75) is 13.0 Å². The number of benzene rings is 2. The first-order chi connectivity index (χ1) is 14.5. The Bertz CT molecular complexity index is 1070. The van der Waals surface area contributed by atoms with Gasteiger partial charge in [0.15, 0.2) is 0 Å². The Kier molecular flexibility index (Phi) is 4.99. The average molecular weight is 486 g/mol. The summed E-state index contributed by atoms with van der Waals surface area (Å²) in [5, 5.41) is 5.92. The minimum absolute atomic E-state index is 0.181. The van der Waals surface area contributed by atoms with E-state index in [0.717, 1.165) is 27.0 Å². The van der Waals surface area contributed by atoms with Crippen molar-refractivity contribution in [2.75, 3.05) is 0 Å². The topological polar surface area (TPSA) is 59.0 Å². The van der Waals surface area contributed by atoms with Crippen molar-refractivity contribution in [3.63, 3.8) is 0 Å². The summed E-state index contributed by atoms with van der Waals surface area (Å²) in [4.78, 5) is 25.4. The molecule has 0 radical (unpaired) electrons. The summed E-state index contributed by atoms with van der Waals surface area (Å²) in [6, 6.07) is 13.0. The van der Waals surface area contributed by atoms with E-state index in [-0.39, 0.29) is 35.5 Å². The molecule has 1 aliphatic heterocycles. The molecule has 0 aromatic heterocycles. The van der Waals surface area contributed by atoms with E-state index in [4.69, 9.17) is 16.3 Å². The molecule has 2 bridgehead atoms. The predicted molar refractivity (Wildman–Crippen MR) is 117 cm³/mol. The number of halogens is 2. The van der Waals surface area contributed by atoms with Crippen molar-refractivity contribution in [2.24, 2.45) is 28.8 Å². The number of hydrogen-bond acceptors (Lipinski definition) is 4. The summed E-state index contributed by atoms with van der Waals surface area (Å²) in [6.07, 6.45) is 6.59. The van der Waals surface area contributed by atoms with E-state index in [9.17, 15) is 9.59 Å². The van der Waals surface area contributed by atoms with E-state index in [0.29, 0.717) is 17.4 Å². The lowest BCUT2D eigenvalue weighted by molar-refractivity contribution is -0.140. The molecule has 1 saturated heterocycles. The van der Waals surface area contributed by atoms with E-state index < -0.39 is 0 Å². The summed E-state index contributed by atoms with van der Waals surface area (Å²) in [6.45, 7) is 0.349. The van der Waals surface area contributed by atoms with Gasteiger partial charge in [-0.15, -0.1) is 0 Å². The van der Waals surface area contributed by atoms with Crippen LogP contribution in [0.4, 0.5) is 0 Å². The third kappa shape index (κ3) is 3.28. The highest BCUT2D eigenvalue weighted by Crippen LogP contribution is 2.52. The quantitative estimate of drug-likeness (QED) is 0.346. The highest BCUT2D eigenvalue weighted by molar-refractivity contribution is 9.10. The van der Waals surface area contributed by atoms with Crippen LogP contribution in [0.1, 0.15) is 17.5 Å². The summed E-state index contributed by atoms with van der Waals surface area (Å²) in [5.74, 6) is 0.181. The molecule has 5 rings (SSSR count). The van der Waals surface area contributed by atoms with Crippen LogP contribution in [0, 0.1) is 23.7 Å². The standard InChI is InChI=1S/C23H18BrClN2O3/c24-17-9-13(5-8-19(17)30-12-16-3-1-2-4-18(16)25)11-26-27-22(28)20-14-6-7-15(10-14)21(20)23(27)29/h1-9,11,14-15,20-21H,10,12H2/b26-11-/t14-,15-,20+,21+/m0/s1. The van der Waals surface area contributed by atoms with E-state index in [1.54, 1.807) is 0 Å². The van der Waals surface area contributed by atoms with E-state index in [2.05, 4.69) is 33.2 Å². The fraction of sp³-hybridized carbons (Fsp3) is 0.261. The van der Waals surface area contributed by atoms with Crippen LogP contribution in [0.5, 0.6) is 5.75 Å². The molecular weight excluding hydrogens is 468 g/mol. The number of hydrogen-bond donors (Lipinski definition) is 0. The zero-order valence-electron chi connectivity index (χ0n) is 15.9. The lowest BCUT2D eigenvalue weighted by Gasteiger charge is -2.13. The van der Waals surface area contributed by atoms with Crippen molar-refractivity contribution < 1.29 is 14.3 Å². The SMILES string of the molecule is O=C1[C@H]2[C@H](C(=O)N1/N=C\c1ccc(OCc3ccccc3Cl)c(Br)c1)[C@H]1C=C[C@H]2C1. The third-order valence-electron chi connectivity index (χ3n) is 6.07. The Balaban J connectivity index is 1.27. The van der Waals surface area contributed by atoms with Crippen LogP contribution in [-0.4, -0.2) is 23.0 Å². The van der Waals surface area contributed by atoms with Crippen LogP contribution < -0.4 is 4.74 Å². The summed E-state index contributed by atoms with van der Waals surface area (Å²) in [5.41, 5.74) is 1.66. The smallest absolute Gasteiger partial charge is 0.254 e. The average Bonchev–Trinajstić information content (AvgIpc) is 3.41. The van der Waals surface area contributed by atoms with Gasteiger partial charge in [-0.3, -0.25) is 9.59 Å². The first-order valence-corrected chi connectivity index (χ1v) is 11.0. The van der Waals surface area contributed by atoms with Gasteiger partial charge in [0.05, 0.1) is 22.5 Å². The number of amides is 2. The third-order valence-corrected chi connectivity index (χ3v) is 7.05. The first-order valence-electron chi connectivity index (χ1n) is 9.79. The minimum Gasteiger partial charge on any atom is -0.488 e. The fourth-order valence-corrected chi connectivity index (χ4v) is 5.31. The molecule has 2 fully saturated rings. The van der Waals surface area contributed by atoms with Crippen LogP contribution in [0.3, 0.4) is 0 Å². The van der Waals surface area contributed by atoms with Crippen molar-refractivity contribution in [1.29, 1.82) is 0 Å². The molecule has 5 nitrogen and oxygen atoms in total. The molecule has 1 saturated carbocycles. The Morgan fingerprint density at radius 3 is 2.47 bits per heavy atom. The fourth-order valence-electron chi connectivity index (χ4n) is 4.61. The molecule has 2 aromatic carbocycles. The number of carbonyl (C=O) groups excluding carboxylic acids is 2. The monoisotopic (exact) mass is 484 g/mol. The first kappa shape index (κ1) is 19.5. The van der Waals surface area contributed by atoms with Crippen LogP contribution in [0.2, 0.25) is 5.02 Å². The zero-order valence-corrected chi connectivity index (χ0v) is 18.2. The van der Waals surface area contributed by atoms with Gasteiger partial charge in [0.2, 0.25) is 0 Å². The highest BCUT2D eigenvalue weighted by Gasteiger charge is 2.59. The van der Waals surface area contributed by atoms with Gasteiger partial charge >= 0.3 is 0 Å². The maximum absolute atomic E-state index is 12.7. The largest absolute Gasteiger partial charge is 0.488 e. The van der Waals surface area contributed by atoms with Crippen molar-refractivity contribution >= 4 is 45.6 Å². The second kappa shape index (κ2) is 7.67. The number of carbonyl (C=O) groups is 2. The number of fused-ring (bicyclic) bond motifs is 5. The lowest BCUT2D eigenvalue weighted by atomic mass is 9.85. The number of ether oxygens (including phenoxy) is 1. The lowest BCUT2D eigenvalue weighted by Crippen LogP contribution is -2.28. The molecular formula is C23H18BrClN2O3. The van der Waals surface area contributed by atoms with Gasteiger partial charge in [-0.05, 0) is 64.0 Å². The van der Waals surface area contributed by atoms with E-state index in [1.165, 1.54) is 6.21 Å². The Morgan fingerprint density at radius 2 is 1.80 bits per heavy atom. The van der Waals surface area contributed by atoms with Gasteiger partial charge in [-0.25, -0.2) is 0 Å². The van der Waals surface area contributed by atoms with Crippen molar-refractivity contribution in [3.8, 4) is 5.75 Å². The van der Waals surface area contributed by atoms with Gasteiger partial charge < -0.3 is 4.74 Å². The molecule has 4 atom stereocenters. The summed E-state index contributed by atoms with van der Waals surface area (Å²) in [7, 11) is 0. The van der Waals surface area contributed by atoms with Gasteiger partial charge in [0.25, 0.3) is 11.8 Å². The molecule has 30 heavy (non-hydrogen) atoms. The molecule has 2 aliphatic carbocycles. The highest BCUT2D eigenvalue weighted by atomic mass is 79.9. The second-order valence-corrected chi connectivity index (χ2v) is 9.06. The summed E-state index contributed by atoms with van der Waals surface area (Å²) >= 11 is 9.67. The van der Waals surface area contributed by atoms with Gasteiger partial charge in [-0.1, -0.05) is 42.0 Å². The molecule has 1 heterocycles. The number of hydrazone groups is 1. The molecule has 152 valence electrons. The maximum Gasteiger partial charge on any atom is 0.254 e. The summed E-state index contributed by atoms with van der Waals surface area (Å²) < 4.78 is 6.60. The van der Waals surface area contributed by atoms with Crippen LogP contribution in [0.25, 0.3) is 0 Å². The molecule has 7 heteroatoms. The molecule has 3 aliphatic rings.